The summed E-state index contributed by atoms with van der Waals surface area (Å²) in [5, 5.41) is 0. The quantitative estimate of drug-likeness (QED) is 0.576. The Balaban J connectivity index is 2.15. The SMILES string of the molecule is Cc1cccc(C(=O)C=Cc2ccco2)c1. The van der Waals surface area contributed by atoms with E-state index in [0.29, 0.717) is 11.3 Å². The molecule has 80 valence electrons. The number of benzene rings is 1. The predicted molar refractivity (Wildman–Crippen MR) is 63.3 cm³/mol. The molecular weight excluding hydrogens is 200 g/mol. The molecule has 16 heavy (non-hydrogen) atoms. The van der Waals surface area contributed by atoms with Gasteiger partial charge in [0, 0.05) is 5.56 Å². The highest BCUT2D eigenvalue weighted by atomic mass is 16.3. The lowest BCUT2D eigenvalue weighted by Gasteiger charge is -1.96. The van der Waals surface area contributed by atoms with Gasteiger partial charge < -0.3 is 4.42 Å². The minimum Gasteiger partial charge on any atom is -0.465 e. The fourth-order valence-electron chi connectivity index (χ4n) is 1.44. The van der Waals surface area contributed by atoms with E-state index in [2.05, 4.69) is 0 Å². The summed E-state index contributed by atoms with van der Waals surface area (Å²) in [7, 11) is 0. The molecular formula is C14H12O2. The maximum absolute atomic E-state index is 11.8. The Morgan fingerprint density at radius 3 is 2.81 bits per heavy atom. The second kappa shape index (κ2) is 4.62. The number of ketones is 1. The first-order valence-corrected chi connectivity index (χ1v) is 5.08. The van der Waals surface area contributed by atoms with Crippen molar-refractivity contribution in [3.05, 3.63) is 65.6 Å². The number of rotatable bonds is 3. The largest absolute Gasteiger partial charge is 0.465 e. The Bertz CT molecular complexity index is 507. The van der Waals surface area contributed by atoms with Crippen LogP contribution in [0.25, 0.3) is 6.08 Å². The van der Waals surface area contributed by atoms with Crippen molar-refractivity contribution >= 4 is 11.9 Å². The first-order valence-electron chi connectivity index (χ1n) is 5.08. The second-order valence-corrected chi connectivity index (χ2v) is 3.58. The Morgan fingerprint density at radius 1 is 1.25 bits per heavy atom. The molecule has 2 heteroatoms. The van der Waals surface area contributed by atoms with Crippen LogP contribution in [0.1, 0.15) is 21.7 Å². The molecule has 0 saturated carbocycles. The molecule has 0 aliphatic rings. The van der Waals surface area contributed by atoms with Crippen molar-refractivity contribution in [1.29, 1.82) is 0 Å². The third-order valence-electron chi connectivity index (χ3n) is 2.24. The van der Waals surface area contributed by atoms with Gasteiger partial charge in [0.05, 0.1) is 6.26 Å². The summed E-state index contributed by atoms with van der Waals surface area (Å²) in [5.74, 6) is 0.668. The number of aryl methyl sites for hydroxylation is 1. The summed E-state index contributed by atoms with van der Waals surface area (Å²) in [6, 6.07) is 11.1. The van der Waals surface area contributed by atoms with Gasteiger partial charge in [0.15, 0.2) is 5.78 Å². The number of carbonyl (C=O) groups is 1. The number of carbonyl (C=O) groups excluding carboxylic acids is 1. The topological polar surface area (TPSA) is 30.2 Å². The highest BCUT2D eigenvalue weighted by molar-refractivity contribution is 6.06. The van der Waals surface area contributed by atoms with Crippen LogP contribution < -0.4 is 0 Å². The number of hydrogen-bond donors (Lipinski definition) is 0. The van der Waals surface area contributed by atoms with E-state index in [4.69, 9.17) is 4.42 Å². The van der Waals surface area contributed by atoms with E-state index >= 15 is 0 Å². The van der Waals surface area contributed by atoms with Crippen LogP contribution in [0.3, 0.4) is 0 Å². The fraction of sp³-hybridized carbons (Fsp3) is 0.0714. The lowest BCUT2D eigenvalue weighted by molar-refractivity contribution is 0.104. The molecule has 0 atom stereocenters. The van der Waals surface area contributed by atoms with E-state index in [0.717, 1.165) is 5.56 Å². The Hall–Kier alpha value is -2.09. The fourth-order valence-corrected chi connectivity index (χ4v) is 1.44. The molecule has 0 radical (unpaired) electrons. The zero-order valence-corrected chi connectivity index (χ0v) is 9.01. The number of allylic oxidation sites excluding steroid dienone is 1. The van der Waals surface area contributed by atoms with Gasteiger partial charge in [0.1, 0.15) is 5.76 Å². The van der Waals surface area contributed by atoms with Gasteiger partial charge in [-0.3, -0.25) is 4.79 Å². The van der Waals surface area contributed by atoms with Crippen molar-refractivity contribution < 1.29 is 9.21 Å². The normalized spacial score (nSPS) is 10.8. The van der Waals surface area contributed by atoms with Crippen LogP contribution in [0.15, 0.2) is 53.2 Å². The lowest BCUT2D eigenvalue weighted by atomic mass is 10.1. The monoisotopic (exact) mass is 212 g/mol. The molecule has 1 heterocycles. The summed E-state index contributed by atoms with van der Waals surface area (Å²) < 4.78 is 5.10. The van der Waals surface area contributed by atoms with Crippen LogP contribution in [-0.4, -0.2) is 5.78 Å². The third kappa shape index (κ3) is 2.48. The third-order valence-corrected chi connectivity index (χ3v) is 2.24. The molecule has 2 rings (SSSR count). The molecule has 0 bridgehead atoms. The van der Waals surface area contributed by atoms with Crippen LogP contribution in [0, 0.1) is 6.92 Å². The minimum atomic E-state index is -0.0138. The van der Waals surface area contributed by atoms with E-state index < -0.39 is 0 Å². The molecule has 2 nitrogen and oxygen atoms in total. The minimum absolute atomic E-state index is 0.0138. The van der Waals surface area contributed by atoms with E-state index in [1.165, 1.54) is 6.08 Å². The van der Waals surface area contributed by atoms with Crippen LogP contribution in [-0.2, 0) is 0 Å². The van der Waals surface area contributed by atoms with Gasteiger partial charge in [-0.25, -0.2) is 0 Å². The summed E-state index contributed by atoms with van der Waals surface area (Å²) >= 11 is 0. The average Bonchev–Trinajstić information content (AvgIpc) is 2.78. The molecule has 0 aliphatic carbocycles. The van der Waals surface area contributed by atoms with Crippen molar-refractivity contribution in [2.75, 3.05) is 0 Å². The molecule has 1 aromatic heterocycles. The maximum atomic E-state index is 11.8. The standard InChI is InChI=1S/C14H12O2/c1-11-4-2-5-12(10-11)14(15)8-7-13-6-3-9-16-13/h2-10H,1H3. The first-order chi connectivity index (χ1) is 7.75. The van der Waals surface area contributed by atoms with Crippen LogP contribution in [0.5, 0.6) is 0 Å². The first kappa shape index (κ1) is 10.4. The highest BCUT2D eigenvalue weighted by Gasteiger charge is 2.01. The molecule has 0 aliphatic heterocycles. The summed E-state index contributed by atoms with van der Waals surface area (Å²) in [5.41, 5.74) is 1.78. The van der Waals surface area contributed by atoms with Crippen molar-refractivity contribution in [1.82, 2.24) is 0 Å². The van der Waals surface area contributed by atoms with Crippen LogP contribution >= 0.6 is 0 Å². The maximum Gasteiger partial charge on any atom is 0.185 e. The molecule has 0 unspecified atom stereocenters. The van der Waals surface area contributed by atoms with Gasteiger partial charge in [-0.05, 0) is 37.3 Å². The predicted octanol–water partition coefficient (Wildman–Crippen LogP) is 3.48. The second-order valence-electron chi connectivity index (χ2n) is 3.58. The number of hydrogen-bond acceptors (Lipinski definition) is 2. The molecule has 0 amide bonds. The lowest BCUT2D eigenvalue weighted by Crippen LogP contribution is -1.93. The van der Waals surface area contributed by atoms with E-state index in [-0.39, 0.29) is 5.78 Å². The van der Waals surface area contributed by atoms with Gasteiger partial charge in [-0.2, -0.15) is 0 Å². The molecule has 0 saturated heterocycles. The van der Waals surface area contributed by atoms with Crippen molar-refractivity contribution in [2.45, 2.75) is 6.92 Å². The van der Waals surface area contributed by atoms with E-state index in [1.54, 1.807) is 24.5 Å². The van der Waals surface area contributed by atoms with E-state index in [9.17, 15) is 4.79 Å². The summed E-state index contributed by atoms with van der Waals surface area (Å²) in [6.07, 6.45) is 4.77. The van der Waals surface area contributed by atoms with Crippen LogP contribution in [0.2, 0.25) is 0 Å². The van der Waals surface area contributed by atoms with E-state index in [1.807, 2.05) is 31.2 Å². The Kier molecular flexibility index (Phi) is 3.01. The molecule has 0 N–H and O–H groups in total. The highest BCUT2D eigenvalue weighted by Crippen LogP contribution is 2.08. The van der Waals surface area contributed by atoms with Crippen molar-refractivity contribution in [3.8, 4) is 0 Å². The Morgan fingerprint density at radius 2 is 2.12 bits per heavy atom. The van der Waals surface area contributed by atoms with Crippen molar-refractivity contribution in [2.24, 2.45) is 0 Å². The average molecular weight is 212 g/mol. The molecule has 2 aromatic rings. The number of furan rings is 1. The van der Waals surface area contributed by atoms with Gasteiger partial charge >= 0.3 is 0 Å². The van der Waals surface area contributed by atoms with Gasteiger partial charge in [-0.15, -0.1) is 0 Å². The zero-order chi connectivity index (χ0) is 11.4. The molecule has 1 aromatic carbocycles. The summed E-state index contributed by atoms with van der Waals surface area (Å²) in [6.45, 7) is 1.97. The van der Waals surface area contributed by atoms with Gasteiger partial charge in [0.2, 0.25) is 0 Å². The van der Waals surface area contributed by atoms with Crippen molar-refractivity contribution in [3.63, 3.8) is 0 Å². The summed E-state index contributed by atoms with van der Waals surface area (Å²) in [4.78, 5) is 11.8. The van der Waals surface area contributed by atoms with Gasteiger partial charge in [-0.1, -0.05) is 23.8 Å². The van der Waals surface area contributed by atoms with Crippen LogP contribution in [0.4, 0.5) is 0 Å². The van der Waals surface area contributed by atoms with Gasteiger partial charge in [0.25, 0.3) is 0 Å². The molecule has 0 fully saturated rings. The smallest absolute Gasteiger partial charge is 0.185 e. The molecule has 0 spiro atoms. The Labute approximate surface area is 94.2 Å². The zero-order valence-electron chi connectivity index (χ0n) is 9.01.